The van der Waals surface area contributed by atoms with Gasteiger partial charge in [-0.1, -0.05) is 28.1 Å². The second kappa shape index (κ2) is 5.80. The molecule has 0 amide bonds. The van der Waals surface area contributed by atoms with E-state index in [-0.39, 0.29) is 16.3 Å². The van der Waals surface area contributed by atoms with Gasteiger partial charge in [0.05, 0.1) is 16.3 Å². The van der Waals surface area contributed by atoms with Gasteiger partial charge in [0.2, 0.25) is 0 Å². The van der Waals surface area contributed by atoms with Gasteiger partial charge in [0.1, 0.15) is 0 Å². The number of nitrogen functional groups attached to an aromatic ring is 1. The zero-order valence-electron chi connectivity index (χ0n) is 9.81. The Labute approximate surface area is 134 Å². The van der Waals surface area contributed by atoms with Crippen LogP contribution in [0, 0.1) is 3.57 Å². The lowest BCUT2D eigenvalue weighted by molar-refractivity contribution is 0.595. The zero-order valence-corrected chi connectivity index (χ0v) is 14.4. The monoisotopic (exact) mass is 451 g/mol. The van der Waals surface area contributed by atoms with Crippen LogP contribution in [0.4, 0.5) is 5.69 Å². The molecule has 0 fully saturated rings. The molecule has 0 saturated carbocycles. The van der Waals surface area contributed by atoms with Crippen molar-refractivity contribution < 1.29 is 8.42 Å². The van der Waals surface area contributed by atoms with Crippen molar-refractivity contribution in [2.75, 3.05) is 5.73 Å². The number of halogens is 2. The molecule has 2 aromatic rings. The van der Waals surface area contributed by atoms with Crippen molar-refractivity contribution in [3.63, 3.8) is 0 Å². The number of benzene rings is 2. The zero-order chi connectivity index (χ0) is 14.0. The number of hydrogen-bond acceptors (Lipinski definition) is 3. The number of hydrogen-bond donors (Lipinski definition) is 1. The summed E-state index contributed by atoms with van der Waals surface area (Å²) in [4.78, 5) is 0.167. The molecule has 0 aliphatic heterocycles. The second-order valence-corrected chi connectivity index (χ2v) is 8.19. The summed E-state index contributed by atoms with van der Waals surface area (Å²) in [6, 6.07) is 12.2. The first kappa shape index (κ1) is 14.8. The van der Waals surface area contributed by atoms with Gasteiger partial charge >= 0.3 is 0 Å². The quantitative estimate of drug-likeness (QED) is 0.572. The summed E-state index contributed by atoms with van der Waals surface area (Å²) in [5, 5.41) is 0. The lowest BCUT2D eigenvalue weighted by Crippen LogP contribution is -2.08. The average Bonchev–Trinajstić information content (AvgIpc) is 2.35. The van der Waals surface area contributed by atoms with Crippen molar-refractivity contribution >= 4 is 54.0 Å². The van der Waals surface area contributed by atoms with E-state index in [0.717, 1.165) is 9.13 Å². The molecule has 0 unspecified atom stereocenters. The molecule has 3 nitrogen and oxygen atoms in total. The highest BCUT2D eigenvalue weighted by molar-refractivity contribution is 14.1. The predicted octanol–water partition coefficient (Wildman–Crippen LogP) is 3.61. The van der Waals surface area contributed by atoms with Gasteiger partial charge in [-0.2, -0.15) is 0 Å². The van der Waals surface area contributed by atoms with Crippen molar-refractivity contribution in [1.82, 2.24) is 0 Å². The summed E-state index contributed by atoms with van der Waals surface area (Å²) in [6.45, 7) is 0. The van der Waals surface area contributed by atoms with Gasteiger partial charge in [0, 0.05) is 8.04 Å². The van der Waals surface area contributed by atoms with Crippen LogP contribution in [0.5, 0.6) is 0 Å². The largest absolute Gasteiger partial charge is 0.398 e. The molecule has 0 saturated heterocycles. The van der Waals surface area contributed by atoms with Crippen molar-refractivity contribution in [1.29, 1.82) is 0 Å². The molecule has 2 N–H and O–H groups in total. The lowest BCUT2D eigenvalue weighted by atomic mass is 10.2. The molecule has 2 rings (SSSR count). The molecular formula is C13H11BrINO2S. The van der Waals surface area contributed by atoms with E-state index in [2.05, 4.69) is 38.5 Å². The molecule has 6 heteroatoms. The first-order valence-electron chi connectivity index (χ1n) is 5.41. The summed E-state index contributed by atoms with van der Waals surface area (Å²) in [5.41, 5.74) is 6.77. The highest BCUT2D eigenvalue weighted by Gasteiger charge is 2.18. The molecule has 0 aromatic heterocycles. The van der Waals surface area contributed by atoms with Crippen molar-refractivity contribution in [2.45, 2.75) is 10.6 Å². The predicted molar refractivity (Wildman–Crippen MR) is 88.6 cm³/mol. The van der Waals surface area contributed by atoms with E-state index in [1.165, 1.54) is 6.07 Å². The Morgan fingerprint density at radius 2 is 1.74 bits per heavy atom. The van der Waals surface area contributed by atoms with Crippen molar-refractivity contribution in [3.05, 3.63) is 56.1 Å². The third-order valence-corrected chi connectivity index (χ3v) is 5.53. The molecule has 0 spiro atoms. The average molecular weight is 452 g/mol. The molecule has 0 heterocycles. The number of rotatable bonds is 3. The molecule has 0 aliphatic carbocycles. The molecule has 0 atom stereocenters. The van der Waals surface area contributed by atoms with Crippen LogP contribution in [0.15, 0.2) is 51.8 Å². The summed E-state index contributed by atoms with van der Waals surface area (Å²) in [5.74, 6) is -0.0510. The van der Waals surface area contributed by atoms with Crippen molar-refractivity contribution in [3.8, 4) is 0 Å². The normalized spacial score (nSPS) is 11.5. The van der Waals surface area contributed by atoms with Gasteiger partial charge in [-0.15, -0.1) is 0 Å². The molecular weight excluding hydrogens is 441 g/mol. The number of sulfone groups is 1. The van der Waals surface area contributed by atoms with Crippen LogP contribution in [-0.2, 0) is 15.6 Å². The van der Waals surface area contributed by atoms with Crippen LogP contribution >= 0.6 is 38.5 Å². The van der Waals surface area contributed by atoms with E-state index < -0.39 is 9.84 Å². The fourth-order valence-electron chi connectivity index (χ4n) is 1.66. The summed E-state index contributed by atoms with van der Waals surface area (Å²) >= 11 is 5.44. The summed E-state index contributed by atoms with van der Waals surface area (Å²) in [7, 11) is -3.44. The Hall–Kier alpha value is -0.600. The number of nitrogens with two attached hydrogens (primary N) is 1. The van der Waals surface area contributed by atoms with Crippen molar-refractivity contribution in [2.24, 2.45) is 0 Å². The first-order valence-corrected chi connectivity index (χ1v) is 8.93. The first-order chi connectivity index (χ1) is 8.88. The van der Waals surface area contributed by atoms with Gasteiger partial charge in [-0.3, -0.25) is 0 Å². The van der Waals surface area contributed by atoms with Crippen LogP contribution in [0.2, 0.25) is 0 Å². The van der Waals surface area contributed by atoms with E-state index in [1.807, 2.05) is 24.3 Å². The third kappa shape index (κ3) is 3.70. The van der Waals surface area contributed by atoms with Crippen LogP contribution in [0.3, 0.4) is 0 Å². The Bertz CT molecular complexity index is 699. The van der Waals surface area contributed by atoms with Crippen LogP contribution in [0.25, 0.3) is 0 Å². The summed E-state index contributed by atoms with van der Waals surface area (Å²) < 4.78 is 26.5. The summed E-state index contributed by atoms with van der Waals surface area (Å²) in [6.07, 6.45) is 0. The third-order valence-electron chi connectivity index (χ3n) is 2.58. The Morgan fingerprint density at radius 3 is 2.37 bits per heavy atom. The maximum absolute atomic E-state index is 12.4. The molecule has 0 bridgehead atoms. The van der Waals surface area contributed by atoms with E-state index in [0.29, 0.717) is 4.47 Å². The van der Waals surface area contributed by atoms with Gasteiger partial charge < -0.3 is 5.73 Å². The van der Waals surface area contributed by atoms with Crippen LogP contribution < -0.4 is 5.73 Å². The Kier molecular flexibility index (Phi) is 4.52. The minimum atomic E-state index is -3.44. The molecule has 100 valence electrons. The van der Waals surface area contributed by atoms with Crippen LogP contribution in [0.1, 0.15) is 5.56 Å². The van der Waals surface area contributed by atoms with Gasteiger partial charge in [-0.05, 0) is 58.5 Å². The Morgan fingerprint density at radius 1 is 1.11 bits per heavy atom. The van der Waals surface area contributed by atoms with Crippen LogP contribution in [-0.4, -0.2) is 8.42 Å². The molecule has 19 heavy (non-hydrogen) atoms. The fourth-order valence-corrected chi connectivity index (χ4v) is 4.05. The van der Waals surface area contributed by atoms with E-state index in [4.69, 9.17) is 5.73 Å². The van der Waals surface area contributed by atoms with Gasteiger partial charge in [0.15, 0.2) is 9.84 Å². The maximum atomic E-state index is 12.4. The standard InChI is InChI=1S/C13H11BrINO2S/c14-10-3-6-12(16)13(7-10)19(17,18)8-9-1-4-11(15)5-2-9/h1-7H,8,16H2. The topological polar surface area (TPSA) is 60.2 Å². The SMILES string of the molecule is Nc1ccc(Br)cc1S(=O)(=O)Cc1ccc(I)cc1. The molecule has 2 aromatic carbocycles. The highest BCUT2D eigenvalue weighted by Crippen LogP contribution is 2.26. The van der Waals surface area contributed by atoms with E-state index in [9.17, 15) is 8.42 Å². The van der Waals surface area contributed by atoms with Gasteiger partial charge in [-0.25, -0.2) is 8.42 Å². The lowest BCUT2D eigenvalue weighted by Gasteiger charge is -2.08. The molecule has 0 radical (unpaired) electrons. The fraction of sp³-hybridized carbons (Fsp3) is 0.0769. The Balaban J connectivity index is 2.37. The highest BCUT2D eigenvalue weighted by atomic mass is 127. The van der Waals surface area contributed by atoms with E-state index in [1.54, 1.807) is 12.1 Å². The minimum Gasteiger partial charge on any atom is -0.398 e. The maximum Gasteiger partial charge on any atom is 0.184 e. The smallest absolute Gasteiger partial charge is 0.184 e. The van der Waals surface area contributed by atoms with E-state index >= 15 is 0 Å². The van der Waals surface area contributed by atoms with Gasteiger partial charge in [0.25, 0.3) is 0 Å². The second-order valence-electron chi connectivity index (χ2n) is 4.07. The minimum absolute atomic E-state index is 0.0510. The number of anilines is 1. The molecule has 0 aliphatic rings.